The lowest BCUT2D eigenvalue weighted by molar-refractivity contribution is -0.0287. The largest absolute Gasteiger partial charge is 0.377 e. The van der Waals surface area contributed by atoms with Crippen molar-refractivity contribution in [2.75, 3.05) is 13.7 Å². The fourth-order valence-corrected chi connectivity index (χ4v) is 2.78. The highest BCUT2D eigenvalue weighted by Gasteiger charge is 2.32. The average molecular weight is 277 g/mol. The summed E-state index contributed by atoms with van der Waals surface area (Å²) in [5, 5.41) is 3.67. The summed E-state index contributed by atoms with van der Waals surface area (Å²) in [6.07, 6.45) is 3.17. The summed E-state index contributed by atoms with van der Waals surface area (Å²) in [6, 6.07) is 7.16. The van der Waals surface area contributed by atoms with Crippen LogP contribution in [0.5, 0.6) is 0 Å². The van der Waals surface area contributed by atoms with E-state index in [0.29, 0.717) is 6.04 Å². The van der Waals surface area contributed by atoms with Gasteiger partial charge in [-0.15, -0.1) is 0 Å². The van der Waals surface area contributed by atoms with Gasteiger partial charge in [0.25, 0.3) is 0 Å². The molecule has 1 N–H and O–H groups in total. The van der Waals surface area contributed by atoms with E-state index < -0.39 is 0 Å². The molecule has 0 aliphatic heterocycles. The van der Waals surface area contributed by atoms with E-state index >= 15 is 0 Å². The van der Waals surface area contributed by atoms with Crippen LogP contribution in [0.15, 0.2) is 18.2 Å². The highest BCUT2D eigenvalue weighted by molar-refractivity contribution is 5.29. The molecule has 1 aromatic carbocycles. The predicted octanol–water partition coefficient (Wildman–Crippen LogP) is 4.03. The van der Waals surface area contributed by atoms with Crippen molar-refractivity contribution in [3.05, 3.63) is 34.9 Å². The third-order valence-electron chi connectivity index (χ3n) is 4.27. The van der Waals surface area contributed by atoms with Crippen LogP contribution in [0.3, 0.4) is 0 Å². The lowest BCUT2D eigenvalue weighted by atomic mass is 9.87. The second-order valence-corrected chi connectivity index (χ2v) is 6.08. The van der Waals surface area contributed by atoms with Crippen molar-refractivity contribution in [1.29, 1.82) is 0 Å². The summed E-state index contributed by atoms with van der Waals surface area (Å²) < 4.78 is 5.82. The van der Waals surface area contributed by atoms with Gasteiger partial charge in [-0.3, -0.25) is 0 Å². The minimum atomic E-state index is -0.118. The van der Waals surface area contributed by atoms with Crippen molar-refractivity contribution in [2.24, 2.45) is 0 Å². The summed E-state index contributed by atoms with van der Waals surface area (Å²) >= 11 is 0. The monoisotopic (exact) mass is 277 g/mol. The molecule has 1 aromatic rings. The average Bonchev–Trinajstić information content (AvgIpc) is 2.41. The third-order valence-corrected chi connectivity index (χ3v) is 4.27. The van der Waals surface area contributed by atoms with Crippen LogP contribution in [0.1, 0.15) is 50.3 Å². The van der Waals surface area contributed by atoms with Crippen molar-refractivity contribution >= 4 is 0 Å². The molecule has 1 rings (SSSR count). The maximum atomic E-state index is 5.82. The molecular formula is C18H31NO. The van der Waals surface area contributed by atoms with Gasteiger partial charge in [0.05, 0.1) is 5.60 Å². The number of rotatable bonds is 8. The molecule has 0 aromatic heterocycles. The molecule has 0 saturated carbocycles. The fraction of sp³-hybridized carbons (Fsp3) is 0.667. The van der Waals surface area contributed by atoms with Crippen molar-refractivity contribution in [3.8, 4) is 0 Å². The molecule has 20 heavy (non-hydrogen) atoms. The number of aryl methyl sites for hydroxylation is 2. The molecule has 2 nitrogen and oxygen atoms in total. The molecule has 0 saturated heterocycles. The molecule has 0 bridgehead atoms. The van der Waals surface area contributed by atoms with E-state index in [-0.39, 0.29) is 5.60 Å². The van der Waals surface area contributed by atoms with Gasteiger partial charge in [0, 0.05) is 13.2 Å². The van der Waals surface area contributed by atoms with E-state index in [9.17, 15) is 0 Å². The molecule has 114 valence electrons. The second-order valence-electron chi connectivity index (χ2n) is 6.08. The van der Waals surface area contributed by atoms with Crippen LogP contribution in [0.4, 0.5) is 0 Å². The lowest BCUT2D eigenvalue weighted by Crippen LogP contribution is -2.51. The highest BCUT2D eigenvalue weighted by Crippen LogP contribution is 2.23. The Hall–Kier alpha value is -0.860. The molecule has 0 aliphatic carbocycles. The Labute approximate surface area is 124 Å². The van der Waals surface area contributed by atoms with E-state index in [2.05, 4.69) is 58.1 Å². The second kappa shape index (κ2) is 7.80. The van der Waals surface area contributed by atoms with Gasteiger partial charge < -0.3 is 10.1 Å². The van der Waals surface area contributed by atoms with Crippen molar-refractivity contribution in [1.82, 2.24) is 5.32 Å². The maximum Gasteiger partial charge on any atom is 0.0803 e. The predicted molar refractivity (Wildman–Crippen MR) is 87.4 cm³/mol. The topological polar surface area (TPSA) is 21.3 Å². The zero-order valence-electron chi connectivity index (χ0n) is 14.0. The molecule has 0 spiro atoms. The lowest BCUT2D eigenvalue weighted by Gasteiger charge is -2.37. The summed E-state index contributed by atoms with van der Waals surface area (Å²) in [5.74, 6) is 0. The van der Waals surface area contributed by atoms with E-state index in [1.54, 1.807) is 0 Å². The molecular weight excluding hydrogens is 246 g/mol. The Bertz CT molecular complexity index is 390. The molecule has 2 heteroatoms. The van der Waals surface area contributed by atoms with Crippen LogP contribution in [-0.4, -0.2) is 25.3 Å². The van der Waals surface area contributed by atoms with Gasteiger partial charge in [0.2, 0.25) is 0 Å². The third kappa shape index (κ3) is 4.60. The first-order valence-electron chi connectivity index (χ1n) is 7.80. The first-order chi connectivity index (χ1) is 9.45. The van der Waals surface area contributed by atoms with Gasteiger partial charge in [0.1, 0.15) is 0 Å². The van der Waals surface area contributed by atoms with Crippen molar-refractivity contribution in [3.63, 3.8) is 0 Å². The standard InChI is InChI=1S/C18H31NO/c1-7-9-19-17(18(5,8-2)20-6)13-16-11-14(3)10-15(4)12-16/h10-12,17,19H,7-9,13H2,1-6H3. The van der Waals surface area contributed by atoms with Crippen molar-refractivity contribution in [2.45, 2.75) is 65.5 Å². The van der Waals surface area contributed by atoms with Crippen LogP contribution in [0, 0.1) is 13.8 Å². The van der Waals surface area contributed by atoms with E-state index in [1.165, 1.54) is 16.7 Å². The number of methoxy groups -OCH3 is 1. The zero-order chi connectivity index (χ0) is 15.2. The fourth-order valence-electron chi connectivity index (χ4n) is 2.78. The van der Waals surface area contributed by atoms with Crippen LogP contribution in [-0.2, 0) is 11.2 Å². The molecule has 0 heterocycles. The number of nitrogens with one attached hydrogen (secondary N) is 1. The van der Waals surface area contributed by atoms with E-state index in [0.717, 1.165) is 25.8 Å². The molecule has 0 amide bonds. The van der Waals surface area contributed by atoms with Crippen LogP contribution in [0.25, 0.3) is 0 Å². The number of hydrogen-bond acceptors (Lipinski definition) is 2. The van der Waals surface area contributed by atoms with Crippen LogP contribution in [0.2, 0.25) is 0 Å². The van der Waals surface area contributed by atoms with Crippen molar-refractivity contribution < 1.29 is 4.74 Å². The first-order valence-corrected chi connectivity index (χ1v) is 7.80. The summed E-state index contributed by atoms with van der Waals surface area (Å²) in [5.41, 5.74) is 3.95. The molecule has 0 fully saturated rings. The Morgan fingerprint density at radius 3 is 2.20 bits per heavy atom. The minimum absolute atomic E-state index is 0.118. The van der Waals surface area contributed by atoms with Gasteiger partial charge in [-0.05, 0) is 52.1 Å². The van der Waals surface area contributed by atoms with E-state index in [1.807, 2.05) is 7.11 Å². The number of benzene rings is 1. The Kier molecular flexibility index (Phi) is 6.70. The summed E-state index contributed by atoms with van der Waals surface area (Å²) in [4.78, 5) is 0. The maximum absolute atomic E-state index is 5.82. The normalized spacial score (nSPS) is 15.9. The number of ether oxygens (including phenoxy) is 1. The number of hydrogen-bond donors (Lipinski definition) is 1. The van der Waals surface area contributed by atoms with Gasteiger partial charge in [-0.1, -0.05) is 43.2 Å². The van der Waals surface area contributed by atoms with Gasteiger partial charge in [0.15, 0.2) is 0 Å². The Balaban J connectivity index is 2.93. The zero-order valence-corrected chi connectivity index (χ0v) is 14.0. The minimum Gasteiger partial charge on any atom is -0.377 e. The quantitative estimate of drug-likeness (QED) is 0.774. The molecule has 2 unspecified atom stereocenters. The summed E-state index contributed by atoms with van der Waals surface area (Å²) in [7, 11) is 1.83. The van der Waals surface area contributed by atoms with E-state index in [4.69, 9.17) is 4.74 Å². The summed E-state index contributed by atoms with van der Waals surface area (Å²) in [6.45, 7) is 12.0. The highest BCUT2D eigenvalue weighted by atomic mass is 16.5. The molecule has 0 aliphatic rings. The smallest absolute Gasteiger partial charge is 0.0803 e. The van der Waals surface area contributed by atoms with Gasteiger partial charge in [-0.25, -0.2) is 0 Å². The Morgan fingerprint density at radius 2 is 1.75 bits per heavy atom. The molecule has 0 radical (unpaired) electrons. The van der Waals surface area contributed by atoms with Gasteiger partial charge >= 0.3 is 0 Å². The van der Waals surface area contributed by atoms with Crippen LogP contribution < -0.4 is 5.32 Å². The SMILES string of the molecule is CCCNC(Cc1cc(C)cc(C)c1)C(C)(CC)OC. The first kappa shape index (κ1) is 17.2. The Morgan fingerprint density at radius 1 is 1.15 bits per heavy atom. The molecule has 2 atom stereocenters. The van der Waals surface area contributed by atoms with Crippen LogP contribution >= 0.6 is 0 Å². The van der Waals surface area contributed by atoms with Gasteiger partial charge in [-0.2, -0.15) is 0 Å².